The number of ether oxygens (including phenoxy) is 6. The van der Waals surface area contributed by atoms with Crippen LogP contribution < -0.4 is 47.9 Å². The second-order valence-electron chi connectivity index (χ2n) is 26.4. The van der Waals surface area contributed by atoms with Gasteiger partial charge in [-0.2, -0.15) is 0 Å². The van der Waals surface area contributed by atoms with Crippen LogP contribution in [0.3, 0.4) is 0 Å². The fourth-order valence-electron chi connectivity index (χ4n) is 11.3. The van der Waals surface area contributed by atoms with E-state index in [4.69, 9.17) is 32.9 Å². The molecule has 0 aliphatic carbocycles. The summed E-state index contributed by atoms with van der Waals surface area (Å²) in [6.07, 6.45) is -10.9. The summed E-state index contributed by atoms with van der Waals surface area (Å²) >= 11 is 0. The van der Waals surface area contributed by atoms with Gasteiger partial charge in [-0.25, -0.2) is 0 Å². The maximum Gasteiger partial charge on any atom is 0.330 e. The Hall–Kier alpha value is -5.26. The quantitative estimate of drug-likeness (QED) is 0.0201. The van der Waals surface area contributed by atoms with Gasteiger partial charge in [0.25, 0.3) is 0 Å². The van der Waals surface area contributed by atoms with Crippen molar-refractivity contribution < 1.29 is 137 Å². The number of nitrogens with one attached hydrogen (secondary N) is 9. The lowest BCUT2D eigenvalue weighted by molar-refractivity contribution is -0.270. The molecule has 3 saturated heterocycles. The Morgan fingerprint density at radius 1 is 0.417 bits per heavy atom. The summed E-state index contributed by atoms with van der Waals surface area (Å²) in [6.45, 7) is 5.10. The first-order valence-electron chi connectivity index (χ1n) is 35.8. The standard InChI is InChI=1S/C65H118N9O28P/c1-38(2)103(94,95)99-37-42(33-75)19-6-12-28-69-61(92)43(20-7-13-26-66-48(82)22-9-15-30-96-63-52(70-39(3)79)58(89)55(86)45(34-76)100-63)74-62(93)44(21-8-14-27-67-49(83)23-10-16-31-97-64-53(71-40(4)80)59(90)56(87)46(35-77)101-64)73-51(85)25-18-29-68-50(84)24-11-17-32-98-65-54(72-41(5)81)60(91)57(88)47(36-78)102-65/h38,42-47,52-60,63-65,75-78,86-91H,6-37H2,1-5H3,(H,66,82)(H,67,83)(H,68,84)(H,69,92)(H,70,79)(H,71,80)(H,72,81)(H,73,85)(H,74,93)(H,94,95)/t42?,43-,44-,45?,46?,47?,52?,53?,54?,55-,56-,57-,58?,59?,60?,63+,64+,65+/m0/s1. The van der Waals surface area contributed by atoms with Gasteiger partial charge in [-0.3, -0.25) is 47.7 Å². The molecule has 596 valence electrons. The molecule has 3 fully saturated rings. The van der Waals surface area contributed by atoms with E-state index in [0.717, 1.165) is 0 Å². The largest absolute Gasteiger partial charge is 0.396 e. The monoisotopic (exact) mass is 1500 g/mol. The molecule has 37 nitrogen and oxygen atoms in total. The number of hydrogen-bond acceptors (Lipinski definition) is 27. The van der Waals surface area contributed by atoms with Crippen LogP contribution in [0.25, 0.3) is 0 Å². The Kier molecular flexibility index (Phi) is 44.9. The van der Waals surface area contributed by atoms with E-state index >= 15 is 0 Å². The highest BCUT2D eigenvalue weighted by Gasteiger charge is 2.48. The molecule has 3 rings (SSSR count). The molecule has 0 aromatic heterocycles. The van der Waals surface area contributed by atoms with Crippen molar-refractivity contribution in [3.63, 3.8) is 0 Å². The average Bonchev–Trinajstić information content (AvgIpc) is 0.821. The van der Waals surface area contributed by atoms with E-state index in [0.29, 0.717) is 83.5 Å². The molecule has 0 aromatic carbocycles. The van der Waals surface area contributed by atoms with Crippen molar-refractivity contribution in [2.24, 2.45) is 5.92 Å². The lowest BCUT2D eigenvalue weighted by Gasteiger charge is -2.42. The summed E-state index contributed by atoms with van der Waals surface area (Å²) in [5, 5.41) is 125. The van der Waals surface area contributed by atoms with Crippen LogP contribution in [0.15, 0.2) is 0 Å². The predicted molar refractivity (Wildman–Crippen MR) is 364 cm³/mol. The molecule has 11 unspecified atom stereocenters. The molecule has 3 heterocycles. The molecule has 20 N–H and O–H groups in total. The topological polar surface area (TPSA) is 566 Å². The molecule has 19 atom stereocenters. The molecule has 0 radical (unpaired) electrons. The summed E-state index contributed by atoms with van der Waals surface area (Å²) in [7, 11) is -3.89. The number of aliphatic hydroxyl groups is 10. The Bertz CT molecular complexity index is 2590. The third kappa shape index (κ3) is 34.9. The summed E-state index contributed by atoms with van der Waals surface area (Å²) in [5.41, 5.74) is -0.645. The summed E-state index contributed by atoms with van der Waals surface area (Å²) in [5.74, 6) is -4.75. The lowest BCUT2D eigenvalue weighted by atomic mass is 9.97. The fraction of sp³-hybridized carbons (Fsp3) is 0.862. The van der Waals surface area contributed by atoms with Crippen molar-refractivity contribution in [3.05, 3.63) is 0 Å². The maximum atomic E-state index is 14.4. The summed E-state index contributed by atoms with van der Waals surface area (Å²) < 4.78 is 51.5. The van der Waals surface area contributed by atoms with Gasteiger partial charge in [-0.15, -0.1) is 0 Å². The Labute approximate surface area is 600 Å². The lowest BCUT2D eigenvalue weighted by Crippen LogP contribution is -2.64. The van der Waals surface area contributed by atoms with Gasteiger partial charge in [0.05, 0.1) is 32.1 Å². The number of unbranched alkanes of at least 4 members (excludes halogenated alkanes) is 6. The second kappa shape index (κ2) is 50.3. The highest BCUT2D eigenvalue weighted by molar-refractivity contribution is 7.53. The van der Waals surface area contributed by atoms with Crippen molar-refractivity contribution in [2.75, 3.05) is 79.0 Å². The Morgan fingerprint density at radius 2 is 0.757 bits per heavy atom. The SMILES string of the molecule is CC(=O)NC1C(O)[C@@H](O)C(CO)O[C@H]1OCCCCC(=O)NCCCC[C@H](NC(=O)CCCNC(=O)CCCCO[C@@H]1OC(CO)[C@H](O)C(O)C1NC(C)=O)C(=O)N[C@@H](CCCCNC(=O)CCCCO[C@@H]1OC(CO)[C@H](O)C(O)C1NC(C)=O)C(=O)NCCCCC(CO)COP(=O)(O)C(C)C. The van der Waals surface area contributed by atoms with Crippen molar-refractivity contribution in [2.45, 2.75) is 273 Å². The van der Waals surface area contributed by atoms with Gasteiger partial charge >= 0.3 is 7.60 Å². The smallest absolute Gasteiger partial charge is 0.330 e. The van der Waals surface area contributed by atoms with E-state index in [-0.39, 0.29) is 122 Å². The normalized spacial score (nSPS) is 26.3. The molecule has 0 spiro atoms. The highest BCUT2D eigenvalue weighted by Crippen LogP contribution is 2.47. The van der Waals surface area contributed by atoms with Crippen LogP contribution in [0.4, 0.5) is 0 Å². The zero-order valence-corrected chi connectivity index (χ0v) is 60.8. The van der Waals surface area contributed by atoms with Crippen molar-refractivity contribution in [3.8, 4) is 0 Å². The zero-order valence-electron chi connectivity index (χ0n) is 59.9. The minimum atomic E-state index is -3.89. The van der Waals surface area contributed by atoms with Gasteiger partial charge in [0.2, 0.25) is 53.2 Å². The van der Waals surface area contributed by atoms with E-state index in [2.05, 4.69) is 47.9 Å². The van der Waals surface area contributed by atoms with Crippen LogP contribution in [0.1, 0.15) is 163 Å². The summed E-state index contributed by atoms with van der Waals surface area (Å²) in [6, 6.07) is -5.73. The minimum Gasteiger partial charge on any atom is -0.396 e. The van der Waals surface area contributed by atoms with Crippen LogP contribution in [0.5, 0.6) is 0 Å². The van der Waals surface area contributed by atoms with Crippen LogP contribution in [-0.2, 0) is 80.7 Å². The van der Waals surface area contributed by atoms with Gasteiger partial charge in [0.1, 0.15) is 85.1 Å². The zero-order chi connectivity index (χ0) is 76.6. The molecule has 103 heavy (non-hydrogen) atoms. The molecular weight excluding hydrogens is 1390 g/mol. The third-order valence-corrected chi connectivity index (χ3v) is 19.2. The first kappa shape index (κ1) is 91.9. The van der Waals surface area contributed by atoms with E-state index in [9.17, 15) is 104 Å². The molecule has 0 saturated carbocycles. The van der Waals surface area contributed by atoms with E-state index in [1.807, 2.05) is 0 Å². The molecule has 9 amide bonds. The van der Waals surface area contributed by atoms with E-state index < -0.39 is 178 Å². The number of rotatable bonds is 52. The van der Waals surface area contributed by atoms with Crippen LogP contribution in [0.2, 0.25) is 0 Å². The number of aliphatic hydroxyl groups excluding tert-OH is 10. The van der Waals surface area contributed by atoms with E-state index in [1.54, 1.807) is 13.8 Å². The minimum absolute atomic E-state index is 0.0298. The second-order valence-corrected chi connectivity index (χ2v) is 28.8. The van der Waals surface area contributed by atoms with Crippen LogP contribution in [-0.4, -0.2) is 298 Å². The van der Waals surface area contributed by atoms with Crippen LogP contribution >= 0.6 is 7.60 Å². The highest BCUT2D eigenvalue weighted by atomic mass is 31.2. The van der Waals surface area contributed by atoms with Gasteiger partial charge in [0.15, 0.2) is 18.9 Å². The molecule has 0 aromatic rings. The van der Waals surface area contributed by atoms with Gasteiger partial charge in [-0.05, 0) is 96.3 Å². The molecule has 0 bridgehead atoms. The number of amides is 9. The first-order chi connectivity index (χ1) is 49.0. The number of hydrogen-bond donors (Lipinski definition) is 20. The fourth-order valence-corrected chi connectivity index (χ4v) is 12.0. The molecule has 3 aliphatic heterocycles. The van der Waals surface area contributed by atoms with Crippen molar-refractivity contribution in [1.82, 2.24) is 47.9 Å². The first-order valence-corrected chi connectivity index (χ1v) is 37.4. The average molecular weight is 1500 g/mol. The summed E-state index contributed by atoms with van der Waals surface area (Å²) in [4.78, 5) is 126. The van der Waals surface area contributed by atoms with Gasteiger partial charge in [-0.1, -0.05) is 20.3 Å². The molecule has 38 heteroatoms. The Morgan fingerprint density at radius 3 is 1.11 bits per heavy atom. The number of carbonyl (C=O) groups excluding carboxylic acids is 9. The van der Waals surface area contributed by atoms with Gasteiger partial charge < -0.3 is 137 Å². The van der Waals surface area contributed by atoms with E-state index in [1.165, 1.54) is 20.8 Å². The maximum absolute atomic E-state index is 14.4. The number of carbonyl (C=O) groups is 9. The van der Waals surface area contributed by atoms with Gasteiger partial charge in [0, 0.05) is 105 Å². The molecular formula is C65H118N9O28P. The molecule has 3 aliphatic rings. The Balaban J connectivity index is 1.64. The van der Waals surface area contributed by atoms with Crippen molar-refractivity contribution in [1.29, 1.82) is 0 Å². The van der Waals surface area contributed by atoms with Crippen LogP contribution in [0, 0.1) is 5.92 Å². The van der Waals surface area contributed by atoms with Crippen molar-refractivity contribution >= 4 is 60.8 Å². The predicted octanol–water partition coefficient (Wildman–Crippen LogP) is -4.68. The third-order valence-electron chi connectivity index (χ3n) is 17.4.